The van der Waals surface area contributed by atoms with Crippen LogP contribution >= 0.6 is 7.68 Å². The molecule has 0 aromatic rings. The summed E-state index contributed by atoms with van der Waals surface area (Å²) in [4.78, 5) is 7.41. The molecule has 0 spiro atoms. The van der Waals surface area contributed by atoms with Crippen molar-refractivity contribution in [3.05, 3.63) is 0 Å². The molecular formula is C6H17FNO3P. The van der Waals surface area contributed by atoms with E-state index in [1.165, 1.54) is 0 Å². The minimum Gasteiger partial charge on any atom is -0.850 e. The Morgan fingerprint density at radius 2 is 1.75 bits per heavy atom. The van der Waals surface area contributed by atoms with Gasteiger partial charge in [-0.25, -0.2) is 0 Å². The molecule has 4 nitrogen and oxygen atoms in total. The lowest BCUT2D eigenvalue weighted by molar-refractivity contribution is -0.875. The Labute approximate surface area is 72.8 Å². The van der Waals surface area contributed by atoms with Gasteiger partial charge in [-0.3, -0.25) is 4.57 Å². The van der Waals surface area contributed by atoms with E-state index in [9.17, 15) is 9.30 Å². The van der Waals surface area contributed by atoms with Crippen LogP contribution in [0.25, 0.3) is 0 Å². The SMILES string of the molecule is CP(=O)(O)F.C[N+](C)(C)CC[O-]. The molecule has 1 unspecified atom stereocenters. The van der Waals surface area contributed by atoms with Crippen LogP contribution in [0.2, 0.25) is 0 Å². The van der Waals surface area contributed by atoms with Crippen molar-refractivity contribution in [1.82, 2.24) is 0 Å². The zero-order chi connectivity index (χ0) is 10.4. The molecule has 0 aliphatic heterocycles. The summed E-state index contributed by atoms with van der Waals surface area (Å²) in [5.74, 6) is 0. The van der Waals surface area contributed by atoms with Crippen molar-refractivity contribution in [2.24, 2.45) is 0 Å². The first-order valence-corrected chi connectivity index (χ1v) is 5.44. The maximum Gasteiger partial charge on any atom is 0.362 e. The van der Waals surface area contributed by atoms with Gasteiger partial charge in [-0.2, -0.15) is 4.20 Å². The van der Waals surface area contributed by atoms with E-state index in [1.54, 1.807) is 0 Å². The van der Waals surface area contributed by atoms with E-state index >= 15 is 0 Å². The minimum atomic E-state index is -4.14. The van der Waals surface area contributed by atoms with Gasteiger partial charge in [0.1, 0.15) is 0 Å². The van der Waals surface area contributed by atoms with Gasteiger partial charge >= 0.3 is 7.68 Å². The monoisotopic (exact) mass is 201 g/mol. The third-order valence-electron chi connectivity index (χ3n) is 0.762. The fourth-order valence-corrected chi connectivity index (χ4v) is 0.274. The zero-order valence-corrected chi connectivity index (χ0v) is 8.84. The van der Waals surface area contributed by atoms with Crippen LogP contribution in [0.3, 0.4) is 0 Å². The molecule has 0 heterocycles. The van der Waals surface area contributed by atoms with E-state index in [4.69, 9.17) is 9.46 Å². The Kier molecular flexibility index (Phi) is 6.85. The van der Waals surface area contributed by atoms with Gasteiger partial charge in [0.2, 0.25) is 0 Å². The highest BCUT2D eigenvalue weighted by Gasteiger charge is 2.00. The molecule has 6 heteroatoms. The van der Waals surface area contributed by atoms with Crippen molar-refractivity contribution in [1.29, 1.82) is 0 Å². The first-order chi connectivity index (χ1) is 5.06. The first kappa shape index (κ1) is 14.6. The number of rotatable bonds is 2. The Morgan fingerprint density at radius 1 is 1.50 bits per heavy atom. The Hall–Kier alpha value is 0.0400. The van der Waals surface area contributed by atoms with E-state index in [2.05, 4.69) is 0 Å². The van der Waals surface area contributed by atoms with Crippen LogP contribution < -0.4 is 5.11 Å². The Balaban J connectivity index is 0. The number of nitrogens with zero attached hydrogens (tertiary/aromatic N) is 1. The number of hydrogen-bond donors (Lipinski definition) is 1. The lowest BCUT2D eigenvalue weighted by atomic mass is 10.5. The quantitative estimate of drug-likeness (QED) is 0.498. The fraction of sp³-hybridized carbons (Fsp3) is 1.00. The van der Waals surface area contributed by atoms with Gasteiger partial charge in [0.15, 0.2) is 0 Å². The summed E-state index contributed by atoms with van der Waals surface area (Å²) in [6.45, 7) is 1.39. The number of quaternary nitrogens is 1. The van der Waals surface area contributed by atoms with Gasteiger partial charge in [-0.15, -0.1) is 0 Å². The molecule has 0 aromatic heterocycles. The van der Waals surface area contributed by atoms with Crippen molar-refractivity contribution >= 4 is 7.68 Å². The van der Waals surface area contributed by atoms with E-state index in [0.29, 0.717) is 6.66 Å². The van der Waals surface area contributed by atoms with E-state index in [1.807, 2.05) is 21.1 Å². The zero-order valence-electron chi connectivity index (χ0n) is 7.95. The lowest BCUT2D eigenvalue weighted by Gasteiger charge is -2.25. The summed E-state index contributed by atoms with van der Waals surface area (Å²) >= 11 is 0. The molecule has 1 atom stereocenters. The average Bonchev–Trinajstić information content (AvgIpc) is 1.54. The second-order valence-corrected chi connectivity index (χ2v) is 5.05. The topological polar surface area (TPSA) is 60.4 Å². The number of halogens is 1. The van der Waals surface area contributed by atoms with Crippen LogP contribution in [0.15, 0.2) is 0 Å². The summed E-state index contributed by atoms with van der Waals surface area (Å²) in [6.07, 6.45) is 0. The minimum absolute atomic E-state index is 0.0312. The predicted octanol–water partition coefficient (Wildman–Crippen LogP) is -0.176. The van der Waals surface area contributed by atoms with E-state index in [-0.39, 0.29) is 6.61 Å². The van der Waals surface area contributed by atoms with Crippen LogP contribution in [0.1, 0.15) is 0 Å². The second kappa shape index (κ2) is 5.65. The van der Waals surface area contributed by atoms with Crippen molar-refractivity contribution < 1.29 is 23.2 Å². The Bertz CT molecular complexity index is 143. The lowest BCUT2D eigenvalue weighted by Crippen LogP contribution is -2.39. The maximum atomic E-state index is 10.8. The molecule has 0 amide bonds. The summed E-state index contributed by atoms with van der Waals surface area (Å²) in [6, 6.07) is 0. The number of likely N-dealkylation sites (N-methyl/N-ethyl adjacent to an activating group) is 1. The third-order valence-corrected chi connectivity index (χ3v) is 0.762. The van der Waals surface area contributed by atoms with Crippen molar-refractivity contribution in [2.45, 2.75) is 0 Å². The fourth-order valence-electron chi connectivity index (χ4n) is 0.274. The van der Waals surface area contributed by atoms with Gasteiger partial charge < -0.3 is 14.5 Å². The molecule has 0 saturated carbocycles. The summed E-state index contributed by atoms with van der Waals surface area (Å²) in [5, 5.41) is 9.93. The molecule has 0 aliphatic rings. The van der Waals surface area contributed by atoms with E-state index in [0.717, 1.165) is 11.0 Å². The normalized spacial score (nSPS) is 15.9. The average molecular weight is 201 g/mol. The van der Waals surface area contributed by atoms with Gasteiger partial charge in [0.05, 0.1) is 27.7 Å². The molecule has 76 valence electrons. The van der Waals surface area contributed by atoms with Crippen LogP contribution in [0.5, 0.6) is 0 Å². The summed E-state index contributed by atoms with van der Waals surface area (Å²) in [7, 11) is 1.90. The Morgan fingerprint density at radius 3 is 1.75 bits per heavy atom. The molecule has 0 bridgehead atoms. The molecular weight excluding hydrogens is 184 g/mol. The standard InChI is InChI=1S/C5H13NO.CH4FO2P/c1-6(2,3)4-5-7;1-5(2,3)4/h4-5H2,1-3H3;1H3,(H,3,4). The number of hydrogen-bond acceptors (Lipinski definition) is 2. The maximum absolute atomic E-state index is 10.8. The van der Waals surface area contributed by atoms with Gasteiger partial charge in [-0.1, -0.05) is 6.61 Å². The first-order valence-electron chi connectivity index (χ1n) is 3.45. The molecule has 0 aromatic carbocycles. The molecule has 12 heavy (non-hydrogen) atoms. The molecule has 0 fully saturated rings. The van der Waals surface area contributed by atoms with E-state index < -0.39 is 7.68 Å². The van der Waals surface area contributed by atoms with Crippen molar-refractivity contribution in [3.63, 3.8) is 0 Å². The highest BCUT2D eigenvalue weighted by Crippen LogP contribution is 2.35. The van der Waals surface area contributed by atoms with Crippen LogP contribution in [-0.4, -0.2) is 50.3 Å². The third kappa shape index (κ3) is 50.3. The molecule has 0 saturated heterocycles. The molecule has 0 aliphatic carbocycles. The van der Waals surface area contributed by atoms with Crippen LogP contribution in [0, 0.1) is 0 Å². The van der Waals surface area contributed by atoms with Crippen molar-refractivity contribution in [3.8, 4) is 0 Å². The molecule has 1 N–H and O–H groups in total. The smallest absolute Gasteiger partial charge is 0.362 e. The molecule has 0 rings (SSSR count). The van der Waals surface area contributed by atoms with Crippen LogP contribution in [-0.2, 0) is 4.57 Å². The van der Waals surface area contributed by atoms with Gasteiger partial charge in [0, 0.05) is 6.66 Å². The van der Waals surface area contributed by atoms with Crippen molar-refractivity contribution in [2.75, 3.05) is 41.0 Å². The molecule has 0 radical (unpaired) electrons. The highest BCUT2D eigenvalue weighted by atomic mass is 31.2. The van der Waals surface area contributed by atoms with Crippen LogP contribution in [0.4, 0.5) is 4.20 Å². The highest BCUT2D eigenvalue weighted by molar-refractivity contribution is 7.51. The van der Waals surface area contributed by atoms with Gasteiger partial charge in [-0.05, 0) is 0 Å². The summed E-state index contributed by atoms with van der Waals surface area (Å²) < 4.78 is 20.7. The summed E-state index contributed by atoms with van der Waals surface area (Å²) in [5.41, 5.74) is 0. The predicted molar refractivity (Wildman–Crippen MR) is 44.6 cm³/mol. The second-order valence-electron chi connectivity index (χ2n) is 3.50. The van der Waals surface area contributed by atoms with Gasteiger partial charge in [0.25, 0.3) is 0 Å². The largest absolute Gasteiger partial charge is 0.850 e.